The Morgan fingerprint density at radius 2 is 1.86 bits per heavy atom. The van der Waals surface area contributed by atoms with Gasteiger partial charge in [-0.1, -0.05) is 0 Å². The van der Waals surface area contributed by atoms with Crippen molar-refractivity contribution in [1.29, 1.82) is 0 Å². The van der Waals surface area contributed by atoms with E-state index in [0.717, 1.165) is 24.9 Å². The summed E-state index contributed by atoms with van der Waals surface area (Å²) in [5.74, 6) is 2.84. The van der Waals surface area contributed by atoms with Crippen molar-refractivity contribution in [2.45, 2.75) is 25.4 Å². The number of aromatic nitrogens is 4. The van der Waals surface area contributed by atoms with Gasteiger partial charge in [0.1, 0.15) is 5.69 Å². The van der Waals surface area contributed by atoms with Crippen molar-refractivity contribution >= 4 is 0 Å². The molecule has 0 amide bonds. The highest BCUT2D eigenvalue weighted by molar-refractivity contribution is 5.53. The SMILES string of the molecule is COc1cc(CN2CCC[C@@H]2c2nnc(-c3cnccn3)o2)cc(OC)c1OC. The molecular weight excluding hydrogens is 374 g/mol. The number of hydrogen-bond donors (Lipinski definition) is 0. The van der Waals surface area contributed by atoms with Gasteiger partial charge in [0, 0.05) is 18.9 Å². The molecule has 1 fully saturated rings. The first-order valence-electron chi connectivity index (χ1n) is 9.36. The molecule has 2 aromatic heterocycles. The number of hydrogen-bond acceptors (Lipinski definition) is 9. The molecule has 9 nitrogen and oxygen atoms in total. The minimum Gasteiger partial charge on any atom is -0.493 e. The van der Waals surface area contributed by atoms with Crippen LogP contribution >= 0.6 is 0 Å². The van der Waals surface area contributed by atoms with Gasteiger partial charge in [0.2, 0.25) is 11.6 Å². The van der Waals surface area contributed by atoms with Crippen LogP contribution in [0.15, 0.2) is 35.1 Å². The first-order valence-corrected chi connectivity index (χ1v) is 9.36. The van der Waals surface area contributed by atoms with E-state index in [1.54, 1.807) is 39.9 Å². The molecule has 152 valence electrons. The molecule has 1 saturated heterocycles. The van der Waals surface area contributed by atoms with Crippen molar-refractivity contribution in [3.8, 4) is 28.8 Å². The summed E-state index contributed by atoms with van der Waals surface area (Å²) in [6.07, 6.45) is 6.83. The fourth-order valence-electron chi connectivity index (χ4n) is 3.64. The molecule has 29 heavy (non-hydrogen) atoms. The third-order valence-electron chi connectivity index (χ3n) is 4.98. The summed E-state index contributed by atoms with van der Waals surface area (Å²) in [5.41, 5.74) is 1.63. The summed E-state index contributed by atoms with van der Waals surface area (Å²) in [7, 11) is 4.83. The number of nitrogens with zero attached hydrogens (tertiary/aromatic N) is 5. The van der Waals surface area contributed by atoms with E-state index in [1.807, 2.05) is 12.1 Å². The number of ether oxygens (including phenoxy) is 3. The zero-order chi connectivity index (χ0) is 20.2. The van der Waals surface area contributed by atoms with Crippen LogP contribution in [0.4, 0.5) is 0 Å². The highest BCUT2D eigenvalue weighted by Gasteiger charge is 2.31. The Kier molecular flexibility index (Phi) is 5.57. The summed E-state index contributed by atoms with van der Waals surface area (Å²) < 4.78 is 22.3. The fourth-order valence-corrected chi connectivity index (χ4v) is 3.64. The Labute approximate surface area is 168 Å². The summed E-state index contributed by atoms with van der Waals surface area (Å²) in [4.78, 5) is 10.6. The molecular formula is C20H23N5O4. The second-order valence-electron chi connectivity index (χ2n) is 6.70. The third-order valence-corrected chi connectivity index (χ3v) is 4.98. The number of methoxy groups -OCH3 is 3. The summed E-state index contributed by atoms with van der Waals surface area (Å²) in [6.45, 7) is 1.63. The molecule has 0 bridgehead atoms. The second-order valence-corrected chi connectivity index (χ2v) is 6.70. The molecule has 4 rings (SSSR count). The van der Waals surface area contributed by atoms with Gasteiger partial charge in [0.25, 0.3) is 5.89 Å². The van der Waals surface area contributed by atoms with E-state index in [9.17, 15) is 0 Å². The van der Waals surface area contributed by atoms with Crippen LogP contribution < -0.4 is 14.2 Å². The van der Waals surface area contributed by atoms with Crippen LogP contribution in [0, 0.1) is 0 Å². The normalized spacial score (nSPS) is 16.7. The van der Waals surface area contributed by atoms with Gasteiger partial charge in [0.05, 0.1) is 33.6 Å². The second kappa shape index (κ2) is 8.44. The first kappa shape index (κ1) is 19.1. The van der Waals surface area contributed by atoms with E-state index in [-0.39, 0.29) is 6.04 Å². The van der Waals surface area contributed by atoms with Gasteiger partial charge in [-0.15, -0.1) is 10.2 Å². The van der Waals surface area contributed by atoms with Gasteiger partial charge in [-0.25, -0.2) is 4.98 Å². The van der Waals surface area contributed by atoms with Crippen molar-refractivity contribution in [2.24, 2.45) is 0 Å². The van der Waals surface area contributed by atoms with Gasteiger partial charge in [0.15, 0.2) is 11.5 Å². The Balaban J connectivity index is 1.56. The zero-order valence-electron chi connectivity index (χ0n) is 16.7. The van der Waals surface area contributed by atoms with E-state index in [1.165, 1.54) is 0 Å². The van der Waals surface area contributed by atoms with E-state index < -0.39 is 0 Å². The lowest BCUT2D eigenvalue weighted by Gasteiger charge is -2.22. The van der Waals surface area contributed by atoms with Crippen LogP contribution in [-0.4, -0.2) is 52.9 Å². The molecule has 0 aliphatic carbocycles. The molecule has 3 heterocycles. The van der Waals surface area contributed by atoms with Crippen LogP contribution in [0.2, 0.25) is 0 Å². The maximum atomic E-state index is 5.91. The molecule has 9 heteroatoms. The molecule has 1 aromatic carbocycles. The fraction of sp³-hybridized carbons (Fsp3) is 0.400. The predicted molar refractivity (Wildman–Crippen MR) is 104 cm³/mol. The molecule has 0 spiro atoms. The molecule has 1 aliphatic rings. The van der Waals surface area contributed by atoms with Crippen LogP contribution in [0.3, 0.4) is 0 Å². The van der Waals surface area contributed by atoms with Crippen molar-refractivity contribution in [3.63, 3.8) is 0 Å². The monoisotopic (exact) mass is 397 g/mol. The Morgan fingerprint density at radius 3 is 2.52 bits per heavy atom. The maximum Gasteiger partial charge on any atom is 0.267 e. The standard InChI is InChI=1S/C20H23N5O4/c1-26-16-9-13(10-17(27-2)18(16)28-3)12-25-8-4-5-15(25)20-24-23-19(29-20)14-11-21-6-7-22-14/h6-7,9-11,15H,4-5,8,12H2,1-3H3/t15-/m1/s1. The van der Waals surface area contributed by atoms with Crippen LogP contribution in [-0.2, 0) is 6.54 Å². The van der Waals surface area contributed by atoms with Crippen LogP contribution in [0.5, 0.6) is 17.2 Å². The quantitative estimate of drug-likeness (QED) is 0.596. The predicted octanol–water partition coefficient (Wildman–Crippen LogP) is 2.89. The molecule has 1 aliphatic heterocycles. The van der Waals surface area contributed by atoms with Crippen LogP contribution in [0.25, 0.3) is 11.6 Å². The van der Waals surface area contributed by atoms with Gasteiger partial charge in [-0.3, -0.25) is 9.88 Å². The van der Waals surface area contributed by atoms with Crippen molar-refractivity contribution in [2.75, 3.05) is 27.9 Å². The van der Waals surface area contributed by atoms with Crippen molar-refractivity contribution < 1.29 is 18.6 Å². The molecule has 0 unspecified atom stereocenters. The smallest absolute Gasteiger partial charge is 0.267 e. The number of likely N-dealkylation sites (tertiary alicyclic amines) is 1. The lowest BCUT2D eigenvalue weighted by molar-refractivity contribution is 0.215. The van der Waals surface area contributed by atoms with Gasteiger partial charge >= 0.3 is 0 Å². The molecule has 0 radical (unpaired) electrons. The Morgan fingerprint density at radius 1 is 1.07 bits per heavy atom. The van der Waals surface area contributed by atoms with E-state index in [4.69, 9.17) is 18.6 Å². The van der Waals surface area contributed by atoms with Gasteiger partial charge in [-0.2, -0.15) is 0 Å². The molecule has 3 aromatic rings. The summed E-state index contributed by atoms with van der Waals surface area (Å²) in [6, 6.07) is 3.98. The lowest BCUT2D eigenvalue weighted by Crippen LogP contribution is -2.23. The summed E-state index contributed by atoms with van der Waals surface area (Å²) in [5, 5.41) is 8.41. The average Bonchev–Trinajstić information content (AvgIpc) is 3.43. The van der Waals surface area contributed by atoms with Gasteiger partial charge in [-0.05, 0) is 37.1 Å². The zero-order valence-corrected chi connectivity index (χ0v) is 16.7. The van der Waals surface area contributed by atoms with Crippen molar-refractivity contribution in [3.05, 3.63) is 42.2 Å². The van der Waals surface area contributed by atoms with E-state index in [2.05, 4.69) is 25.1 Å². The third kappa shape index (κ3) is 3.86. The van der Waals surface area contributed by atoms with Gasteiger partial charge < -0.3 is 18.6 Å². The Bertz CT molecular complexity index is 938. The minimum absolute atomic E-state index is 0.0482. The highest BCUT2D eigenvalue weighted by atomic mass is 16.5. The lowest BCUT2D eigenvalue weighted by atomic mass is 10.1. The molecule has 1 atom stereocenters. The topological polar surface area (TPSA) is 95.6 Å². The molecule has 0 N–H and O–H groups in total. The number of benzene rings is 1. The number of rotatable bonds is 7. The summed E-state index contributed by atoms with van der Waals surface area (Å²) >= 11 is 0. The molecule has 0 saturated carbocycles. The minimum atomic E-state index is 0.0482. The van der Waals surface area contributed by atoms with Crippen molar-refractivity contribution in [1.82, 2.24) is 25.1 Å². The van der Waals surface area contributed by atoms with Crippen LogP contribution in [0.1, 0.15) is 30.3 Å². The maximum absolute atomic E-state index is 5.91. The largest absolute Gasteiger partial charge is 0.493 e. The Hall–Kier alpha value is -3.20. The van der Waals surface area contributed by atoms with E-state index in [0.29, 0.717) is 41.3 Å². The average molecular weight is 397 g/mol. The van der Waals surface area contributed by atoms with E-state index >= 15 is 0 Å². The highest BCUT2D eigenvalue weighted by Crippen LogP contribution is 2.40. The first-order chi connectivity index (χ1) is 14.2.